The zero-order chi connectivity index (χ0) is 22.8. The molecule has 2 aliphatic rings. The van der Waals surface area contributed by atoms with Crippen molar-refractivity contribution >= 4 is 24.0 Å². The van der Waals surface area contributed by atoms with E-state index in [1.54, 1.807) is 34.3 Å². The van der Waals surface area contributed by atoms with Crippen LogP contribution in [0.5, 0.6) is 0 Å². The summed E-state index contributed by atoms with van der Waals surface area (Å²) in [6.45, 7) is 0.384. The van der Waals surface area contributed by atoms with Crippen LogP contribution in [-0.4, -0.2) is 63.5 Å². The molecule has 2 fully saturated rings. The molecule has 2 aliphatic heterocycles. The molecule has 6 nitrogen and oxygen atoms in total. The first-order valence-corrected chi connectivity index (χ1v) is 11.1. The first-order chi connectivity index (χ1) is 16.2. The van der Waals surface area contributed by atoms with Crippen molar-refractivity contribution in [2.45, 2.75) is 18.0 Å². The zero-order valence-electron chi connectivity index (χ0n) is 18.1. The van der Waals surface area contributed by atoms with Crippen LogP contribution in [0.4, 0.5) is 0 Å². The number of fused-ring (bicyclic) bond motifs is 1. The molecule has 3 atom stereocenters. The molecule has 0 bridgehead atoms. The molecule has 166 valence electrons. The highest BCUT2D eigenvalue weighted by atomic mass is 16.3. The highest BCUT2D eigenvalue weighted by molar-refractivity contribution is 5.97. The van der Waals surface area contributed by atoms with Crippen LogP contribution in [0.15, 0.2) is 79.1 Å². The summed E-state index contributed by atoms with van der Waals surface area (Å²) in [5.41, 5.74) is 3.80. The summed E-state index contributed by atoms with van der Waals surface area (Å²) < 4.78 is 0. The SMILES string of the molecule is O=C(c1ccncc1)N1CC(=O)N2[C@@H](CO)[C@H](c3ccc(/C=C/c4ccccc4)cc3)[C@@H]2C1. The smallest absolute Gasteiger partial charge is 0.254 e. The van der Waals surface area contributed by atoms with Gasteiger partial charge in [0, 0.05) is 30.4 Å². The van der Waals surface area contributed by atoms with Gasteiger partial charge in [-0.15, -0.1) is 0 Å². The predicted molar refractivity (Wildman–Crippen MR) is 126 cm³/mol. The summed E-state index contributed by atoms with van der Waals surface area (Å²) in [7, 11) is 0. The van der Waals surface area contributed by atoms with Gasteiger partial charge in [0.15, 0.2) is 0 Å². The second-order valence-corrected chi connectivity index (χ2v) is 8.48. The summed E-state index contributed by atoms with van der Waals surface area (Å²) in [6.07, 6.45) is 7.29. The van der Waals surface area contributed by atoms with E-state index in [9.17, 15) is 14.7 Å². The van der Waals surface area contributed by atoms with Gasteiger partial charge in [-0.2, -0.15) is 0 Å². The number of benzene rings is 2. The van der Waals surface area contributed by atoms with E-state index in [1.165, 1.54) is 0 Å². The first-order valence-electron chi connectivity index (χ1n) is 11.1. The molecular formula is C27H25N3O3. The maximum absolute atomic E-state index is 12.9. The number of amides is 2. The molecule has 6 heteroatoms. The van der Waals surface area contributed by atoms with E-state index >= 15 is 0 Å². The summed E-state index contributed by atoms with van der Waals surface area (Å²) in [6, 6.07) is 21.3. The normalized spacial score (nSPS) is 22.2. The van der Waals surface area contributed by atoms with Crippen molar-refractivity contribution in [1.29, 1.82) is 0 Å². The molecule has 0 spiro atoms. The van der Waals surface area contributed by atoms with Crippen LogP contribution in [-0.2, 0) is 4.79 Å². The van der Waals surface area contributed by atoms with E-state index in [0.717, 1.165) is 16.7 Å². The van der Waals surface area contributed by atoms with Crippen LogP contribution in [0.3, 0.4) is 0 Å². The minimum Gasteiger partial charge on any atom is -0.394 e. The third kappa shape index (κ3) is 4.05. The van der Waals surface area contributed by atoms with Gasteiger partial charge in [-0.25, -0.2) is 0 Å². The highest BCUT2D eigenvalue weighted by Gasteiger charge is 2.54. The standard InChI is InChI=1S/C27H25N3O3/c31-18-24-26(21-10-8-20(9-11-21)7-6-19-4-2-1-3-5-19)23-16-29(17-25(32)30(23)24)27(33)22-12-14-28-15-13-22/h1-15,23-24,26,31H,16-18H2/b7-6+/t23-,24-,26+/m0/s1. The lowest BCUT2D eigenvalue weighted by Crippen LogP contribution is -2.73. The molecule has 2 aromatic carbocycles. The van der Waals surface area contributed by atoms with E-state index in [1.807, 2.05) is 18.2 Å². The lowest BCUT2D eigenvalue weighted by Gasteiger charge is -2.58. The average Bonchev–Trinajstić information content (AvgIpc) is 2.85. The van der Waals surface area contributed by atoms with Crippen molar-refractivity contribution in [2.75, 3.05) is 19.7 Å². The Kier molecular flexibility index (Phi) is 5.75. The predicted octanol–water partition coefficient (Wildman–Crippen LogP) is 3.06. The van der Waals surface area contributed by atoms with Crippen LogP contribution in [0.2, 0.25) is 0 Å². The molecule has 33 heavy (non-hydrogen) atoms. The summed E-state index contributed by atoms with van der Waals surface area (Å²) in [5.74, 6) is -0.302. The molecule has 0 radical (unpaired) electrons. The molecule has 5 rings (SSSR count). The van der Waals surface area contributed by atoms with Crippen LogP contribution in [0.1, 0.15) is 33.0 Å². The van der Waals surface area contributed by atoms with Crippen LogP contribution in [0, 0.1) is 0 Å². The number of hydrogen-bond donors (Lipinski definition) is 1. The molecule has 1 N–H and O–H groups in total. The Morgan fingerprint density at radius 2 is 1.64 bits per heavy atom. The highest BCUT2D eigenvalue weighted by Crippen LogP contribution is 2.43. The zero-order valence-corrected chi connectivity index (χ0v) is 18.1. The Morgan fingerprint density at radius 3 is 2.30 bits per heavy atom. The number of aliphatic hydroxyl groups excluding tert-OH is 1. The van der Waals surface area contributed by atoms with Gasteiger partial charge in [0.05, 0.1) is 18.7 Å². The Bertz CT molecular complexity index is 1160. The fourth-order valence-corrected chi connectivity index (χ4v) is 4.92. The van der Waals surface area contributed by atoms with E-state index in [0.29, 0.717) is 12.1 Å². The van der Waals surface area contributed by atoms with Crippen molar-refractivity contribution < 1.29 is 14.7 Å². The minimum absolute atomic E-state index is 0.0147. The first kappa shape index (κ1) is 21.1. The van der Waals surface area contributed by atoms with Crippen molar-refractivity contribution in [3.05, 3.63) is 101 Å². The third-order valence-corrected chi connectivity index (χ3v) is 6.56. The van der Waals surface area contributed by atoms with Gasteiger partial charge in [0.25, 0.3) is 5.91 Å². The third-order valence-electron chi connectivity index (χ3n) is 6.56. The second-order valence-electron chi connectivity index (χ2n) is 8.48. The van der Waals surface area contributed by atoms with E-state index in [2.05, 4.69) is 53.5 Å². The van der Waals surface area contributed by atoms with Crippen LogP contribution in [0.25, 0.3) is 12.2 Å². The maximum Gasteiger partial charge on any atom is 0.254 e. The van der Waals surface area contributed by atoms with Crippen molar-refractivity contribution in [3.63, 3.8) is 0 Å². The van der Waals surface area contributed by atoms with Gasteiger partial charge in [-0.3, -0.25) is 14.6 Å². The number of aliphatic hydroxyl groups is 1. The van der Waals surface area contributed by atoms with E-state index < -0.39 is 0 Å². The number of carbonyl (C=O) groups excluding carboxylic acids is 2. The second kappa shape index (κ2) is 9.00. The van der Waals surface area contributed by atoms with Gasteiger partial charge < -0.3 is 14.9 Å². The Labute approximate surface area is 192 Å². The molecule has 3 heterocycles. The fourth-order valence-electron chi connectivity index (χ4n) is 4.92. The number of rotatable bonds is 5. The van der Waals surface area contributed by atoms with Gasteiger partial charge in [-0.05, 0) is 28.8 Å². The maximum atomic E-state index is 12.9. The number of pyridine rings is 1. The monoisotopic (exact) mass is 439 g/mol. The molecular weight excluding hydrogens is 414 g/mol. The molecule has 1 aromatic heterocycles. The fraction of sp³-hybridized carbons (Fsp3) is 0.222. The van der Waals surface area contributed by atoms with Gasteiger partial charge in [0.1, 0.15) is 6.54 Å². The van der Waals surface area contributed by atoms with E-state index in [4.69, 9.17) is 0 Å². The number of aromatic nitrogens is 1. The lowest BCUT2D eigenvalue weighted by molar-refractivity contribution is -0.159. The summed E-state index contributed by atoms with van der Waals surface area (Å²) in [5, 5.41) is 10.00. The van der Waals surface area contributed by atoms with Crippen LogP contribution >= 0.6 is 0 Å². The molecule has 0 unspecified atom stereocenters. The number of nitrogens with zero attached hydrogens (tertiary/aromatic N) is 3. The topological polar surface area (TPSA) is 73.7 Å². The van der Waals surface area contributed by atoms with Crippen molar-refractivity contribution in [3.8, 4) is 0 Å². The minimum atomic E-state index is -0.258. The number of piperazine rings is 1. The Balaban J connectivity index is 1.34. The quantitative estimate of drug-likeness (QED) is 0.620. The Morgan fingerprint density at radius 1 is 0.970 bits per heavy atom. The average molecular weight is 440 g/mol. The van der Waals surface area contributed by atoms with E-state index in [-0.39, 0.29) is 43.0 Å². The number of carbonyl (C=O) groups is 2. The summed E-state index contributed by atoms with van der Waals surface area (Å²) in [4.78, 5) is 33.1. The molecule has 2 saturated heterocycles. The van der Waals surface area contributed by atoms with Crippen LogP contribution < -0.4 is 0 Å². The van der Waals surface area contributed by atoms with Gasteiger partial charge in [0.2, 0.25) is 5.91 Å². The van der Waals surface area contributed by atoms with Crippen molar-refractivity contribution in [2.24, 2.45) is 0 Å². The Hall–Kier alpha value is -3.77. The molecule has 3 aromatic rings. The molecule has 0 aliphatic carbocycles. The molecule has 0 saturated carbocycles. The largest absolute Gasteiger partial charge is 0.394 e. The summed E-state index contributed by atoms with van der Waals surface area (Å²) >= 11 is 0. The lowest BCUT2D eigenvalue weighted by atomic mass is 9.73. The molecule has 2 amide bonds. The van der Waals surface area contributed by atoms with Crippen molar-refractivity contribution in [1.82, 2.24) is 14.8 Å². The van der Waals surface area contributed by atoms with Gasteiger partial charge in [-0.1, -0.05) is 66.7 Å². The number of hydrogen-bond acceptors (Lipinski definition) is 4. The van der Waals surface area contributed by atoms with Gasteiger partial charge >= 0.3 is 0 Å².